The monoisotopic (exact) mass is 192 g/mol. The third-order valence-electron chi connectivity index (χ3n) is 2.23. The third kappa shape index (κ3) is 3.60. The van der Waals surface area contributed by atoms with Crippen LogP contribution in [-0.2, 0) is 16.0 Å². The lowest BCUT2D eigenvalue weighted by Crippen LogP contribution is -2.24. The Morgan fingerprint density at radius 3 is 2.50 bits per heavy atom. The standard InChI is InChI=1S/C12H16O2/c1-12(2,14-10-13)9-8-11-6-4-3-5-7-11/h3-7,10H,8-9H2,1-2H3. The minimum Gasteiger partial charge on any atom is -0.462 e. The molecule has 1 aromatic carbocycles. The Kier molecular flexibility index (Phi) is 3.69. The van der Waals surface area contributed by atoms with Crippen molar-refractivity contribution in [3.05, 3.63) is 35.9 Å². The van der Waals surface area contributed by atoms with Crippen molar-refractivity contribution in [3.63, 3.8) is 0 Å². The number of carbonyl (C=O) groups is 1. The molecule has 2 nitrogen and oxygen atoms in total. The fourth-order valence-corrected chi connectivity index (χ4v) is 1.28. The van der Waals surface area contributed by atoms with E-state index in [-0.39, 0.29) is 5.60 Å². The summed E-state index contributed by atoms with van der Waals surface area (Å²) in [5.41, 5.74) is 0.910. The van der Waals surface area contributed by atoms with Crippen LogP contribution in [0.3, 0.4) is 0 Å². The summed E-state index contributed by atoms with van der Waals surface area (Å²) in [6.07, 6.45) is 1.78. The van der Waals surface area contributed by atoms with Crippen molar-refractivity contribution in [2.45, 2.75) is 32.3 Å². The molecule has 0 aliphatic heterocycles. The van der Waals surface area contributed by atoms with Crippen molar-refractivity contribution < 1.29 is 9.53 Å². The van der Waals surface area contributed by atoms with Crippen LogP contribution >= 0.6 is 0 Å². The Bertz CT molecular complexity index is 278. The molecule has 0 saturated heterocycles. The van der Waals surface area contributed by atoms with E-state index in [1.165, 1.54) is 5.56 Å². The lowest BCUT2D eigenvalue weighted by Gasteiger charge is -2.22. The first-order valence-corrected chi connectivity index (χ1v) is 4.79. The average molecular weight is 192 g/mol. The molecular weight excluding hydrogens is 176 g/mol. The molecule has 2 heteroatoms. The van der Waals surface area contributed by atoms with Gasteiger partial charge < -0.3 is 4.74 Å². The second-order valence-corrected chi connectivity index (χ2v) is 3.96. The molecule has 0 saturated carbocycles. The first-order chi connectivity index (χ1) is 6.64. The highest BCUT2D eigenvalue weighted by atomic mass is 16.5. The van der Waals surface area contributed by atoms with Crippen LogP contribution in [0.25, 0.3) is 0 Å². The Labute approximate surface area is 84.9 Å². The van der Waals surface area contributed by atoms with Gasteiger partial charge in [-0.15, -0.1) is 0 Å². The van der Waals surface area contributed by atoms with Crippen molar-refractivity contribution in [2.24, 2.45) is 0 Å². The quantitative estimate of drug-likeness (QED) is 0.670. The highest BCUT2D eigenvalue weighted by Crippen LogP contribution is 2.16. The van der Waals surface area contributed by atoms with E-state index in [1.807, 2.05) is 32.0 Å². The predicted octanol–water partition coefficient (Wildman–Crippen LogP) is 2.57. The number of carbonyl (C=O) groups excluding carboxylic acids is 1. The number of benzene rings is 1. The van der Waals surface area contributed by atoms with E-state index in [0.717, 1.165) is 12.8 Å². The topological polar surface area (TPSA) is 26.3 Å². The van der Waals surface area contributed by atoms with Gasteiger partial charge in [0.2, 0.25) is 0 Å². The lowest BCUT2D eigenvalue weighted by molar-refractivity contribution is -0.140. The van der Waals surface area contributed by atoms with Gasteiger partial charge in [-0.3, -0.25) is 4.79 Å². The van der Waals surface area contributed by atoms with Crippen LogP contribution in [0.1, 0.15) is 25.8 Å². The number of hydrogen-bond acceptors (Lipinski definition) is 2. The van der Waals surface area contributed by atoms with Gasteiger partial charge in [-0.25, -0.2) is 0 Å². The van der Waals surface area contributed by atoms with E-state index in [4.69, 9.17) is 4.74 Å². The van der Waals surface area contributed by atoms with Gasteiger partial charge >= 0.3 is 0 Å². The van der Waals surface area contributed by atoms with E-state index >= 15 is 0 Å². The van der Waals surface area contributed by atoms with Crippen molar-refractivity contribution >= 4 is 6.47 Å². The highest BCUT2D eigenvalue weighted by molar-refractivity contribution is 5.38. The van der Waals surface area contributed by atoms with Gasteiger partial charge in [-0.2, -0.15) is 0 Å². The largest absolute Gasteiger partial charge is 0.462 e. The summed E-state index contributed by atoms with van der Waals surface area (Å²) in [4.78, 5) is 10.2. The molecule has 0 amide bonds. The highest BCUT2D eigenvalue weighted by Gasteiger charge is 2.17. The summed E-state index contributed by atoms with van der Waals surface area (Å²) in [6.45, 7) is 4.36. The van der Waals surface area contributed by atoms with Gasteiger partial charge in [-0.05, 0) is 32.3 Å². The van der Waals surface area contributed by atoms with E-state index in [1.54, 1.807) is 0 Å². The van der Waals surface area contributed by atoms with Crippen LogP contribution in [0, 0.1) is 0 Å². The SMILES string of the molecule is CC(C)(CCc1ccccc1)OC=O. The van der Waals surface area contributed by atoms with Gasteiger partial charge in [-0.1, -0.05) is 30.3 Å². The first-order valence-electron chi connectivity index (χ1n) is 4.79. The molecule has 14 heavy (non-hydrogen) atoms. The molecule has 0 heterocycles. The number of ether oxygens (including phenoxy) is 1. The molecule has 0 atom stereocenters. The van der Waals surface area contributed by atoms with E-state index in [0.29, 0.717) is 6.47 Å². The zero-order valence-corrected chi connectivity index (χ0v) is 8.69. The van der Waals surface area contributed by atoms with Gasteiger partial charge in [0.1, 0.15) is 5.60 Å². The maximum atomic E-state index is 10.2. The Morgan fingerprint density at radius 2 is 1.93 bits per heavy atom. The summed E-state index contributed by atoms with van der Waals surface area (Å²) >= 11 is 0. The van der Waals surface area contributed by atoms with Gasteiger partial charge in [0, 0.05) is 0 Å². The maximum absolute atomic E-state index is 10.2. The molecule has 1 aromatic rings. The molecule has 0 aromatic heterocycles. The Morgan fingerprint density at radius 1 is 1.29 bits per heavy atom. The molecule has 0 bridgehead atoms. The number of aryl methyl sites for hydroxylation is 1. The van der Waals surface area contributed by atoms with Crippen LogP contribution in [0.15, 0.2) is 30.3 Å². The van der Waals surface area contributed by atoms with Crippen molar-refractivity contribution in [1.82, 2.24) is 0 Å². The van der Waals surface area contributed by atoms with Crippen molar-refractivity contribution in [3.8, 4) is 0 Å². The van der Waals surface area contributed by atoms with Crippen LogP contribution in [0.4, 0.5) is 0 Å². The van der Waals surface area contributed by atoms with Crippen molar-refractivity contribution in [2.75, 3.05) is 0 Å². The van der Waals surface area contributed by atoms with Crippen LogP contribution in [-0.4, -0.2) is 12.1 Å². The first kappa shape index (κ1) is 10.8. The molecule has 76 valence electrons. The molecule has 0 N–H and O–H groups in total. The summed E-state index contributed by atoms with van der Waals surface area (Å²) in [5, 5.41) is 0. The smallest absolute Gasteiger partial charge is 0.293 e. The van der Waals surface area contributed by atoms with Crippen LogP contribution < -0.4 is 0 Å². The maximum Gasteiger partial charge on any atom is 0.293 e. The van der Waals surface area contributed by atoms with Gasteiger partial charge in [0.05, 0.1) is 0 Å². The molecule has 0 fully saturated rings. The van der Waals surface area contributed by atoms with Gasteiger partial charge in [0.25, 0.3) is 6.47 Å². The summed E-state index contributed by atoms with van der Waals surface area (Å²) in [6, 6.07) is 10.2. The van der Waals surface area contributed by atoms with E-state index in [2.05, 4.69) is 12.1 Å². The predicted molar refractivity (Wildman–Crippen MR) is 56.0 cm³/mol. The fraction of sp³-hybridized carbons (Fsp3) is 0.417. The molecular formula is C12H16O2. The lowest BCUT2D eigenvalue weighted by atomic mass is 9.99. The molecule has 1 rings (SSSR count). The van der Waals surface area contributed by atoms with Crippen LogP contribution in [0.5, 0.6) is 0 Å². The van der Waals surface area contributed by atoms with Crippen molar-refractivity contribution in [1.29, 1.82) is 0 Å². The molecule has 0 aliphatic rings. The van der Waals surface area contributed by atoms with Crippen LogP contribution in [0.2, 0.25) is 0 Å². The Hall–Kier alpha value is -1.31. The minimum absolute atomic E-state index is 0.364. The summed E-state index contributed by atoms with van der Waals surface area (Å²) in [5.74, 6) is 0. The van der Waals surface area contributed by atoms with E-state index < -0.39 is 0 Å². The number of hydrogen-bond donors (Lipinski definition) is 0. The van der Waals surface area contributed by atoms with Gasteiger partial charge in [0.15, 0.2) is 0 Å². The summed E-state index contributed by atoms with van der Waals surface area (Å²) < 4.78 is 4.97. The third-order valence-corrected chi connectivity index (χ3v) is 2.23. The fourth-order valence-electron chi connectivity index (χ4n) is 1.28. The molecule has 0 aliphatic carbocycles. The average Bonchev–Trinajstić information content (AvgIpc) is 2.17. The zero-order valence-electron chi connectivity index (χ0n) is 8.69. The second-order valence-electron chi connectivity index (χ2n) is 3.96. The summed E-state index contributed by atoms with van der Waals surface area (Å²) in [7, 11) is 0. The van der Waals surface area contributed by atoms with E-state index in [9.17, 15) is 4.79 Å². The minimum atomic E-state index is -0.364. The molecule has 0 unspecified atom stereocenters. The second kappa shape index (κ2) is 4.80. The molecule has 0 radical (unpaired) electrons. The molecule has 0 spiro atoms. The zero-order chi connectivity index (χ0) is 10.4. The Balaban J connectivity index is 2.44. The normalized spacial score (nSPS) is 11.0. The number of rotatable bonds is 5.